The maximum absolute atomic E-state index is 13.5. The molecule has 2 rings (SSSR count). The van der Waals surface area contributed by atoms with Crippen LogP contribution in [0.1, 0.15) is 44.9 Å². The van der Waals surface area contributed by atoms with Gasteiger partial charge in [-0.15, -0.1) is 0 Å². The fourth-order valence-corrected chi connectivity index (χ4v) is 3.51. The molecule has 2 aromatic carbocycles. The van der Waals surface area contributed by atoms with E-state index in [1.54, 1.807) is 64.1 Å². The number of aryl methyl sites for hydroxylation is 1. The van der Waals surface area contributed by atoms with Crippen LogP contribution in [0.4, 0.5) is 10.5 Å². The number of methoxy groups -OCH3 is 1. The van der Waals surface area contributed by atoms with Crippen LogP contribution in [0.2, 0.25) is 0 Å². The van der Waals surface area contributed by atoms with Gasteiger partial charge in [0.15, 0.2) is 0 Å². The Balaban J connectivity index is 2.43. The number of amides is 3. The molecular formula is C26H35N3O7. The topological polar surface area (TPSA) is 137 Å². The summed E-state index contributed by atoms with van der Waals surface area (Å²) >= 11 is 0. The minimum Gasteiger partial charge on any atom is -0.507 e. The maximum Gasteiger partial charge on any atom is 0.408 e. The molecule has 3 amide bonds. The molecule has 0 heterocycles. The van der Waals surface area contributed by atoms with Crippen molar-refractivity contribution in [1.82, 2.24) is 10.2 Å². The van der Waals surface area contributed by atoms with E-state index in [0.29, 0.717) is 17.0 Å². The predicted molar refractivity (Wildman–Crippen MR) is 135 cm³/mol. The largest absolute Gasteiger partial charge is 0.507 e. The Morgan fingerprint density at radius 1 is 1.08 bits per heavy atom. The van der Waals surface area contributed by atoms with E-state index < -0.39 is 42.2 Å². The lowest BCUT2D eigenvalue weighted by Crippen LogP contribution is -2.52. The first-order valence-electron chi connectivity index (χ1n) is 11.5. The third-order valence-electron chi connectivity index (χ3n) is 5.21. The minimum atomic E-state index is -1.31. The van der Waals surface area contributed by atoms with Gasteiger partial charge in [0.2, 0.25) is 5.91 Å². The smallest absolute Gasteiger partial charge is 0.408 e. The number of aliphatic hydroxyl groups excluding tert-OH is 1. The van der Waals surface area contributed by atoms with Gasteiger partial charge in [-0.2, -0.15) is 0 Å². The molecular weight excluding hydrogens is 466 g/mol. The normalized spacial score (nSPS) is 12.8. The van der Waals surface area contributed by atoms with E-state index in [0.717, 1.165) is 4.90 Å². The number of phenols is 1. The quantitative estimate of drug-likeness (QED) is 0.414. The fraction of sp³-hybridized carbons (Fsp3) is 0.423. The number of phenolic OH excluding ortho intramolecular Hbond substituents is 1. The van der Waals surface area contributed by atoms with Gasteiger partial charge >= 0.3 is 6.09 Å². The summed E-state index contributed by atoms with van der Waals surface area (Å²) < 4.78 is 10.4. The molecule has 0 aliphatic rings. The average molecular weight is 502 g/mol. The number of carbonyl (C=O) groups excluding carboxylic acids is 3. The van der Waals surface area contributed by atoms with E-state index in [-0.39, 0.29) is 17.9 Å². The summed E-state index contributed by atoms with van der Waals surface area (Å²) in [5.74, 6) is -0.825. The van der Waals surface area contributed by atoms with E-state index in [1.165, 1.54) is 20.1 Å². The summed E-state index contributed by atoms with van der Waals surface area (Å²) in [6, 6.07) is 9.05. The molecule has 0 bridgehead atoms. The number of aliphatic hydroxyl groups is 1. The third-order valence-corrected chi connectivity index (χ3v) is 5.21. The van der Waals surface area contributed by atoms with E-state index in [9.17, 15) is 24.6 Å². The Kier molecular flexibility index (Phi) is 9.68. The molecule has 0 saturated heterocycles. The molecule has 0 spiro atoms. The number of para-hydroxylation sites is 1. The van der Waals surface area contributed by atoms with Gasteiger partial charge in [0.05, 0.1) is 13.7 Å². The summed E-state index contributed by atoms with van der Waals surface area (Å²) in [5.41, 5.74) is 0.346. The number of rotatable bonds is 9. The zero-order chi connectivity index (χ0) is 27.0. The number of ether oxygens (including phenoxy) is 2. The molecule has 4 N–H and O–H groups in total. The Labute approximate surface area is 211 Å². The number of anilines is 1. The van der Waals surface area contributed by atoms with Crippen molar-refractivity contribution in [2.24, 2.45) is 0 Å². The van der Waals surface area contributed by atoms with Crippen LogP contribution in [0.3, 0.4) is 0 Å². The highest BCUT2D eigenvalue weighted by Gasteiger charge is 2.36. The van der Waals surface area contributed by atoms with Crippen molar-refractivity contribution in [2.75, 3.05) is 25.6 Å². The summed E-state index contributed by atoms with van der Waals surface area (Å²) in [7, 11) is 1.52. The van der Waals surface area contributed by atoms with Crippen LogP contribution in [0.25, 0.3) is 0 Å². The van der Waals surface area contributed by atoms with Crippen LogP contribution in [0, 0.1) is 6.92 Å². The Hall–Kier alpha value is -3.79. The van der Waals surface area contributed by atoms with Crippen LogP contribution < -0.4 is 15.4 Å². The molecule has 0 fully saturated rings. The van der Waals surface area contributed by atoms with Crippen molar-refractivity contribution in [3.05, 3.63) is 53.6 Å². The first kappa shape index (κ1) is 28.4. The van der Waals surface area contributed by atoms with Crippen molar-refractivity contribution in [1.29, 1.82) is 0 Å². The highest BCUT2D eigenvalue weighted by atomic mass is 16.6. The number of aromatic hydroxyl groups is 1. The molecule has 36 heavy (non-hydrogen) atoms. The molecule has 2 aromatic rings. The average Bonchev–Trinajstić information content (AvgIpc) is 2.80. The van der Waals surface area contributed by atoms with Crippen molar-refractivity contribution in [3.63, 3.8) is 0 Å². The van der Waals surface area contributed by atoms with E-state index in [4.69, 9.17) is 9.47 Å². The lowest BCUT2D eigenvalue weighted by atomic mass is 9.99. The zero-order valence-corrected chi connectivity index (χ0v) is 21.5. The standard InChI is InChI=1S/C26H35N3O7/c1-16-8-7-9-20(22(16)31)21(23(32)28-18-10-12-19(35-6)13-11-18)29(14-15-30)24(33)17(2)27-25(34)36-26(3,4)5/h7-13,17,21,30-31H,14-15H2,1-6H3,(H,27,34)(H,28,32). The van der Waals surface area contributed by atoms with Gasteiger partial charge in [0.1, 0.15) is 29.2 Å². The van der Waals surface area contributed by atoms with E-state index in [2.05, 4.69) is 10.6 Å². The van der Waals surface area contributed by atoms with Crippen LogP contribution in [-0.4, -0.2) is 64.9 Å². The number of nitrogens with zero attached hydrogens (tertiary/aromatic N) is 1. The van der Waals surface area contributed by atoms with Crippen LogP contribution in [0.15, 0.2) is 42.5 Å². The maximum atomic E-state index is 13.5. The lowest BCUT2D eigenvalue weighted by molar-refractivity contribution is -0.141. The van der Waals surface area contributed by atoms with E-state index >= 15 is 0 Å². The SMILES string of the molecule is COc1ccc(NC(=O)C(c2cccc(C)c2O)N(CCO)C(=O)C(C)NC(=O)OC(C)(C)C)cc1. The monoisotopic (exact) mass is 501 g/mol. The van der Waals surface area contributed by atoms with Crippen LogP contribution >= 0.6 is 0 Å². The van der Waals surface area contributed by atoms with Crippen molar-refractivity contribution < 1.29 is 34.1 Å². The number of benzene rings is 2. The lowest BCUT2D eigenvalue weighted by Gasteiger charge is -2.33. The second-order valence-electron chi connectivity index (χ2n) is 9.26. The van der Waals surface area contributed by atoms with Gasteiger partial charge in [-0.05, 0) is 64.4 Å². The second-order valence-corrected chi connectivity index (χ2v) is 9.26. The number of alkyl carbamates (subject to hydrolysis) is 1. The number of hydrogen-bond acceptors (Lipinski definition) is 7. The number of carbonyl (C=O) groups is 3. The first-order chi connectivity index (χ1) is 16.9. The molecule has 0 aliphatic carbocycles. The third kappa shape index (κ3) is 7.61. The number of hydrogen-bond donors (Lipinski definition) is 4. The van der Waals surface area contributed by atoms with Crippen LogP contribution in [0.5, 0.6) is 11.5 Å². The Morgan fingerprint density at radius 3 is 2.28 bits per heavy atom. The minimum absolute atomic E-state index is 0.157. The summed E-state index contributed by atoms with van der Waals surface area (Å²) in [6.07, 6.45) is -0.801. The molecule has 196 valence electrons. The molecule has 2 atom stereocenters. The second kappa shape index (κ2) is 12.3. The first-order valence-corrected chi connectivity index (χ1v) is 11.5. The molecule has 0 radical (unpaired) electrons. The zero-order valence-electron chi connectivity index (χ0n) is 21.5. The molecule has 0 aromatic heterocycles. The van der Waals surface area contributed by atoms with Gasteiger partial charge in [-0.25, -0.2) is 4.79 Å². The summed E-state index contributed by atoms with van der Waals surface area (Å²) in [5, 5.41) is 25.7. The van der Waals surface area contributed by atoms with Gasteiger partial charge in [0, 0.05) is 17.8 Å². The van der Waals surface area contributed by atoms with Crippen molar-refractivity contribution >= 4 is 23.6 Å². The van der Waals surface area contributed by atoms with Gasteiger partial charge in [-0.3, -0.25) is 9.59 Å². The molecule has 10 nitrogen and oxygen atoms in total. The summed E-state index contributed by atoms with van der Waals surface area (Å²) in [6.45, 7) is 7.51. The highest BCUT2D eigenvalue weighted by Crippen LogP contribution is 2.33. The molecule has 0 aliphatic heterocycles. The molecule has 10 heteroatoms. The van der Waals surface area contributed by atoms with Gasteiger partial charge < -0.3 is 35.2 Å². The predicted octanol–water partition coefficient (Wildman–Crippen LogP) is 3.12. The Morgan fingerprint density at radius 2 is 1.72 bits per heavy atom. The van der Waals surface area contributed by atoms with Crippen molar-refractivity contribution in [2.45, 2.75) is 52.3 Å². The number of nitrogens with one attached hydrogen (secondary N) is 2. The van der Waals surface area contributed by atoms with Crippen molar-refractivity contribution in [3.8, 4) is 11.5 Å². The van der Waals surface area contributed by atoms with E-state index in [1.807, 2.05) is 0 Å². The molecule has 0 saturated carbocycles. The van der Waals surface area contributed by atoms with Gasteiger partial charge in [-0.1, -0.05) is 18.2 Å². The highest BCUT2D eigenvalue weighted by molar-refractivity contribution is 5.99. The fourth-order valence-electron chi connectivity index (χ4n) is 3.51. The van der Waals surface area contributed by atoms with Gasteiger partial charge in [0.25, 0.3) is 5.91 Å². The summed E-state index contributed by atoms with van der Waals surface area (Å²) in [4.78, 5) is 40.4. The van der Waals surface area contributed by atoms with Crippen LogP contribution in [-0.2, 0) is 14.3 Å². The Bertz CT molecular complexity index is 1060. The molecule has 2 unspecified atom stereocenters.